The van der Waals surface area contributed by atoms with Gasteiger partial charge in [0, 0.05) is 32.2 Å². The molecule has 0 radical (unpaired) electrons. The van der Waals surface area contributed by atoms with E-state index in [4.69, 9.17) is 0 Å². The molecule has 20 heavy (non-hydrogen) atoms. The minimum absolute atomic E-state index is 0. The van der Waals surface area contributed by atoms with Gasteiger partial charge in [-0.25, -0.2) is 0 Å². The van der Waals surface area contributed by atoms with Gasteiger partial charge >= 0.3 is 0 Å². The number of hydrogen-bond acceptors (Lipinski definition) is 3. The number of halogens is 2. The van der Waals surface area contributed by atoms with E-state index < -0.39 is 0 Å². The summed E-state index contributed by atoms with van der Waals surface area (Å²) in [6, 6.07) is 0.415. The van der Waals surface area contributed by atoms with Crippen molar-refractivity contribution in [3.8, 4) is 0 Å². The lowest BCUT2D eigenvalue weighted by molar-refractivity contribution is -0.127. The van der Waals surface area contributed by atoms with E-state index in [1.165, 1.54) is 19.3 Å². The summed E-state index contributed by atoms with van der Waals surface area (Å²) in [6.45, 7) is 8.26. The average Bonchev–Trinajstić information content (AvgIpc) is 2.41. The molecule has 3 unspecified atom stereocenters. The molecule has 6 heteroatoms. The van der Waals surface area contributed by atoms with E-state index in [1.807, 2.05) is 6.92 Å². The van der Waals surface area contributed by atoms with Gasteiger partial charge in [0.1, 0.15) is 0 Å². The van der Waals surface area contributed by atoms with E-state index in [9.17, 15) is 4.79 Å². The zero-order valence-electron chi connectivity index (χ0n) is 12.6. The Bertz CT molecular complexity index is 286. The van der Waals surface area contributed by atoms with Crippen molar-refractivity contribution in [3.05, 3.63) is 0 Å². The highest BCUT2D eigenvalue weighted by atomic mass is 35.5. The lowest BCUT2D eigenvalue weighted by atomic mass is 9.86. The molecule has 2 fully saturated rings. The van der Waals surface area contributed by atoms with Crippen molar-refractivity contribution in [2.45, 2.75) is 51.6 Å². The van der Waals surface area contributed by atoms with Gasteiger partial charge in [0.15, 0.2) is 0 Å². The highest BCUT2D eigenvalue weighted by Gasteiger charge is 2.27. The molecule has 1 aliphatic heterocycles. The number of nitrogens with zero attached hydrogens (tertiary/aromatic N) is 1. The smallest absolute Gasteiger partial charge is 0.237 e. The predicted octanol–water partition coefficient (Wildman–Crippen LogP) is 1.82. The van der Waals surface area contributed by atoms with Crippen LogP contribution >= 0.6 is 24.8 Å². The fourth-order valence-electron chi connectivity index (χ4n) is 3.07. The molecule has 2 N–H and O–H groups in total. The molecule has 1 saturated carbocycles. The quantitative estimate of drug-likeness (QED) is 0.831. The first-order valence-electron chi connectivity index (χ1n) is 7.43. The first-order chi connectivity index (χ1) is 8.68. The van der Waals surface area contributed by atoms with Gasteiger partial charge in [0.2, 0.25) is 5.91 Å². The van der Waals surface area contributed by atoms with Crippen molar-refractivity contribution in [3.63, 3.8) is 0 Å². The molecular weight excluding hydrogens is 297 g/mol. The monoisotopic (exact) mass is 325 g/mol. The number of carbonyl (C=O) groups excluding carboxylic acids is 1. The summed E-state index contributed by atoms with van der Waals surface area (Å²) in [4.78, 5) is 14.6. The van der Waals surface area contributed by atoms with Gasteiger partial charge in [0.25, 0.3) is 0 Å². The van der Waals surface area contributed by atoms with Crippen LogP contribution in [0.5, 0.6) is 0 Å². The third-order valence-electron chi connectivity index (χ3n) is 4.52. The number of piperazine rings is 1. The normalized spacial score (nSPS) is 28.7. The molecule has 120 valence electrons. The molecule has 2 aliphatic rings. The molecule has 2 rings (SSSR count). The molecule has 0 aromatic carbocycles. The van der Waals surface area contributed by atoms with Crippen LogP contribution in [-0.2, 0) is 4.79 Å². The molecule has 0 aromatic heterocycles. The number of hydrogen-bond donors (Lipinski definition) is 2. The van der Waals surface area contributed by atoms with Crippen LogP contribution in [0, 0.1) is 5.92 Å². The lowest BCUT2D eigenvalue weighted by Gasteiger charge is -2.35. The second kappa shape index (κ2) is 9.82. The average molecular weight is 326 g/mol. The summed E-state index contributed by atoms with van der Waals surface area (Å²) in [7, 11) is 0. The highest BCUT2D eigenvalue weighted by Crippen LogP contribution is 2.23. The van der Waals surface area contributed by atoms with Crippen molar-refractivity contribution in [1.82, 2.24) is 15.5 Å². The lowest BCUT2D eigenvalue weighted by Crippen LogP contribution is -2.55. The van der Waals surface area contributed by atoms with Gasteiger partial charge in [0.05, 0.1) is 6.04 Å². The third kappa shape index (κ3) is 5.40. The van der Waals surface area contributed by atoms with Crippen LogP contribution in [0.25, 0.3) is 0 Å². The van der Waals surface area contributed by atoms with E-state index in [2.05, 4.69) is 22.5 Å². The summed E-state index contributed by atoms with van der Waals surface area (Å²) < 4.78 is 0. The van der Waals surface area contributed by atoms with Crippen molar-refractivity contribution < 1.29 is 4.79 Å². The molecule has 1 saturated heterocycles. The summed E-state index contributed by atoms with van der Waals surface area (Å²) in [5, 5.41) is 6.59. The standard InChI is InChI=1S/C14H27N3O.2ClH/c1-11-5-3-4-6-13(11)16-14(18)12(2)17-9-7-15-8-10-17;;/h11-13,15H,3-10H2,1-2H3,(H,16,18);2*1H. The molecule has 0 bridgehead atoms. The van der Waals surface area contributed by atoms with Crippen molar-refractivity contribution in [1.29, 1.82) is 0 Å². The molecule has 3 atom stereocenters. The third-order valence-corrected chi connectivity index (χ3v) is 4.52. The van der Waals surface area contributed by atoms with Crippen molar-refractivity contribution in [2.75, 3.05) is 26.2 Å². The maximum absolute atomic E-state index is 12.3. The van der Waals surface area contributed by atoms with Crippen LogP contribution in [0.3, 0.4) is 0 Å². The fraction of sp³-hybridized carbons (Fsp3) is 0.929. The molecular formula is C14H29Cl2N3O. The SMILES string of the molecule is CC1CCCCC1NC(=O)C(C)N1CCNCC1.Cl.Cl. The Kier molecular flexibility index (Phi) is 9.81. The zero-order chi connectivity index (χ0) is 13.0. The molecule has 1 amide bonds. The van der Waals surface area contributed by atoms with Crippen LogP contribution in [0.1, 0.15) is 39.5 Å². The summed E-state index contributed by atoms with van der Waals surface area (Å²) in [6.07, 6.45) is 4.99. The Morgan fingerprint density at radius 3 is 2.40 bits per heavy atom. The first-order valence-corrected chi connectivity index (χ1v) is 7.43. The van der Waals surface area contributed by atoms with Crippen LogP contribution in [-0.4, -0.2) is 49.1 Å². The van der Waals surface area contributed by atoms with Gasteiger partial charge in [-0.3, -0.25) is 9.69 Å². The Morgan fingerprint density at radius 1 is 1.20 bits per heavy atom. The minimum Gasteiger partial charge on any atom is -0.352 e. The Labute approximate surface area is 135 Å². The summed E-state index contributed by atoms with van der Waals surface area (Å²) >= 11 is 0. The molecule has 1 heterocycles. The van der Waals surface area contributed by atoms with E-state index in [0.717, 1.165) is 32.6 Å². The Hall–Kier alpha value is -0.0300. The first kappa shape index (κ1) is 20.0. The molecule has 0 spiro atoms. The highest BCUT2D eigenvalue weighted by molar-refractivity contribution is 5.85. The van der Waals surface area contributed by atoms with Crippen molar-refractivity contribution >= 4 is 30.7 Å². The van der Waals surface area contributed by atoms with E-state index in [-0.39, 0.29) is 36.8 Å². The molecule has 4 nitrogen and oxygen atoms in total. The topological polar surface area (TPSA) is 44.4 Å². The maximum Gasteiger partial charge on any atom is 0.237 e. The number of rotatable bonds is 3. The molecule has 0 aromatic rings. The van der Waals surface area contributed by atoms with Crippen LogP contribution in [0.15, 0.2) is 0 Å². The van der Waals surface area contributed by atoms with Gasteiger partial charge in [-0.2, -0.15) is 0 Å². The van der Waals surface area contributed by atoms with Gasteiger partial charge in [-0.05, 0) is 25.7 Å². The van der Waals surface area contributed by atoms with E-state index in [1.54, 1.807) is 0 Å². The molecule has 1 aliphatic carbocycles. The van der Waals surface area contributed by atoms with Gasteiger partial charge in [-0.15, -0.1) is 24.8 Å². The number of carbonyl (C=O) groups is 1. The van der Waals surface area contributed by atoms with Gasteiger partial charge in [-0.1, -0.05) is 19.8 Å². The van der Waals surface area contributed by atoms with Crippen LogP contribution < -0.4 is 10.6 Å². The maximum atomic E-state index is 12.3. The van der Waals surface area contributed by atoms with Crippen LogP contribution in [0.2, 0.25) is 0 Å². The Balaban J connectivity index is 0.00000180. The largest absolute Gasteiger partial charge is 0.352 e. The second-order valence-electron chi connectivity index (χ2n) is 5.84. The van der Waals surface area contributed by atoms with Crippen molar-refractivity contribution in [2.24, 2.45) is 5.92 Å². The van der Waals surface area contributed by atoms with Crippen LogP contribution in [0.4, 0.5) is 0 Å². The zero-order valence-corrected chi connectivity index (χ0v) is 14.2. The summed E-state index contributed by atoms with van der Waals surface area (Å²) in [5.41, 5.74) is 0. The fourth-order valence-corrected chi connectivity index (χ4v) is 3.07. The second-order valence-corrected chi connectivity index (χ2v) is 5.84. The number of amides is 1. The summed E-state index contributed by atoms with van der Waals surface area (Å²) in [5.74, 6) is 0.855. The number of nitrogens with one attached hydrogen (secondary N) is 2. The van der Waals surface area contributed by atoms with E-state index >= 15 is 0 Å². The van der Waals surface area contributed by atoms with E-state index in [0.29, 0.717) is 12.0 Å². The van der Waals surface area contributed by atoms with Gasteiger partial charge < -0.3 is 10.6 Å². The Morgan fingerprint density at radius 2 is 1.80 bits per heavy atom. The minimum atomic E-state index is 0. The predicted molar refractivity (Wildman–Crippen MR) is 88.0 cm³/mol.